The van der Waals surface area contributed by atoms with E-state index in [1.165, 1.54) is 0 Å². The highest BCUT2D eigenvalue weighted by molar-refractivity contribution is 6.31. The Bertz CT molecular complexity index is 719. The first-order chi connectivity index (χ1) is 11.4. The number of hydrogen-bond donors (Lipinski definition) is 1. The second-order valence-electron chi connectivity index (χ2n) is 5.48. The van der Waals surface area contributed by atoms with Gasteiger partial charge in [-0.1, -0.05) is 17.7 Å². The average molecular weight is 349 g/mol. The van der Waals surface area contributed by atoms with Gasteiger partial charge in [0, 0.05) is 25.2 Å². The van der Waals surface area contributed by atoms with Crippen LogP contribution >= 0.6 is 11.6 Å². The molecule has 1 unspecified atom stereocenters. The Morgan fingerprint density at radius 3 is 2.54 bits per heavy atom. The zero-order valence-electron chi connectivity index (χ0n) is 14.2. The molecule has 5 nitrogen and oxygen atoms in total. The maximum Gasteiger partial charge on any atom is 0.265 e. The third kappa shape index (κ3) is 4.55. The molecular formula is C18H21ClN2O3. The van der Waals surface area contributed by atoms with Crippen molar-refractivity contribution < 1.29 is 14.3 Å². The number of benzene rings is 2. The Labute approximate surface area is 147 Å². The van der Waals surface area contributed by atoms with Crippen LogP contribution in [-0.4, -0.2) is 33.2 Å². The fourth-order valence-electron chi connectivity index (χ4n) is 2.16. The van der Waals surface area contributed by atoms with Crippen molar-refractivity contribution in [3.05, 3.63) is 47.5 Å². The van der Waals surface area contributed by atoms with Crippen LogP contribution in [0.4, 0.5) is 11.4 Å². The first-order valence-electron chi connectivity index (χ1n) is 7.49. The van der Waals surface area contributed by atoms with Gasteiger partial charge in [-0.15, -0.1) is 0 Å². The maximum absolute atomic E-state index is 12.4. The van der Waals surface area contributed by atoms with Crippen molar-refractivity contribution >= 4 is 28.9 Å². The van der Waals surface area contributed by atoms with Gasteiger partial charge in [-0.3, -0.25) is 4.79 Å². The average Bonchev–Trinajstić information content (AvgIpc) is 2.54. The zero-order chi connectivity index (χ0) is 17.7. The van der Waals surface area contributed by atoms with Crippen molar-refractivity contribution in [3.63, 3.8) is 0 Å². The van der Waals surface area contributed by atoms with Crippen LogP contribution in [0.2, 0.25) is 5.02 Å². The van der Waals surface area contributed by atoms with Crippen molar-refractivity contribution in [2.24, 2.45) is 0 Å². The van der Waals surface area contributed by atoms with Crippen LogP contribution in [0.5, 0.6) is 11.5 Å². The van der Waals surface area contributed by atoms with E-state index in [1.54, 1.807) is 44.4 Å². The van der Waals surface area contributed by atoms with E-state index >= 15 is 0 Å². The zero-order valence-corrected chi connectivity index (χ0v) is 14.9. The molecule has 0 spiro atoms. The summed E-state index contributed by atoms with van der Waals surface area (Å²) in [6.45, 7) is 1.69. The van der Waals surface area contributed by atoms with Crippen molar-refractivity contribution in [1.82, 2.24) is 0 Å². The molecular weight excluding hydrogens is 328 g/mol. The van der Waals surface area contributed by atoms with Crippen molar-refractivity contribution in [2.75, 3.05) is 31.4 Å². The number of carbonyl (C=O) groups is 1. The van der Waals surface area contributed by atoms with Gasteiger partial charge in [0.25, 0.3) is 5.91 Å². The molecule has 128 valence electrons. The molecule has 0 bridgehead atoms. The molecule has 2 aromatic carbocycles. The minimum absolute atomic E-state index is 0.261. The van der Waals surface area contributed by atoms with Crippen molar-refractivity contribution in [3.8, 4) is 11.5 Å². The van der Waals surface area contributed by atoms with E-state index in [2.05, 4.69) is 5.32 Å². The molecule has 0 saturated carbocycles. The first-order valence-corrected chi connectivity index (χ1v) is 7.87. The van der Waals surface area contributed by atoms with Crippen LogP contribution < -0.4 is 19.7 Å². The largest absolute Gasteiger partial charge is 0.497 e. The maximum atomic E-state index is 12.4. The van der Waals surface area contributed by atoms with Gasteiger partial charge in [0.2, 0.25) is 0 Å². The lowest BCUT2D eigenvalue weighted by molar-refractivity contribution is -0.122. The minimum atomic E-state index is -0.675. The summed E-state index contributed by atoms with van der Waals surface area (Å²) in [5.41, 5.74) is 1.50. The van der Waals surface area contributed by atoms with Crippen molar-refractivity contribution in [1.29, 1.82) is 0 Å². The second-order valence-corrected chi connectivity index (χ2v) is 5.92. The number of amides is 1. The number of hydrogen-bond acceptors (Lipinski definition) is 4. The lowest BCUT2D eigenvalue weighted by atomic mass is 10.2. The lowest BCUT2D eigenvalue weighted by Gasteiger charge is -2.20. The van der Waals surface area contributed by atoms with E-state index in [0.29, 0.717) is 22.2 Å². The highest BCUT2D eigenvalue weighted by Gasteiger charge is 2.17. The van der Waals surface area contributed by atoms with Crippen LogP contribution in [-0.2, 0) is 4.79 Å². The fourth-order valence-corrected chi connectivity index (χ4v) is 2.34. The Balaban J connectivity index is 2.10. The molecule has 0 fully saturated rings. The van der Waals surface area contributed by atoms with Gasteiger partial charge in [-0.05, 0) is 37.3 Å². The smallest absolute Gasteiger partial charge is 0.265 e. The van der Waals surface area contributed by atoms with Crippen LogP contribution in [0.25, 0.3) is 0 Å². The Hall–Kier alpha value is -2.40. The fraction of sp³-hybridized carbons (Fsp3) is 0.278. The number of rotatable bonds is 6. The summed E-state index contributed by atoms with van der Waals surface area (Å²) in [6.07, 6.45) is -0.675. The van der Waals surface area contributed by atoms with Gasteiger partial charge in [0.05, 0.1) is 18.5 Å². The summed E-state index contributed by atoms with van der Waals surface area (Å²) in [4.78, 5) is 14.3. The highest BCUT2D eigenvalue weighted by atomic mass is 35.5. The predicted molar refractivity (Wildman–Crippen MR) is 97.5 cm³/mol. The van der Waals surface area contributed by atoms with Gasteiger partial charge in [0.15, 0.2) is 6.10 Å². The molecule has 2 rings (SSSR count). The SMILES string of the molecule is COc1cccc(OC(C)C(=O)Nc2cc(Cl)ccc2N(C)C)c1. The lowest BCUT2D eigenvalue weighted by Crippen LogP contribution is -2.30. The Morgan fingerprint density at radius 1 is 1.17 bits per heavy atom. The van der Waals surface area contributed by atoms with Crippen LogP contribution in [0.3, 0.4) is 0 Å². The molecule has 0 radical (unpaired) electrons. The molecule has 0 heterocycles. The summed E-state index contributed by atoms with van der Waals surface area (Å²) < 4.78 is 10.8. The molecule has 0 saturated heterocycles. The van der Waals surface area contributed by atoms with Crippen LogP contribution in [0.15, 0.2) is 42.5 Å². The van der Waals surface area contributed by atoms with Gasteiger partial charge in [0.1, 0.15) is 11.5 Å². The van der Waals surface area contributed by atoms with E-state index in [0.717, 1.165) is 5.69 Å². The number of nitrogens with zero attached hydrogens (tertiary/aromatic N) is 1. The third-order valence-electron chi connectivity index (χ3n) is 3.42. The van der Waals surface area contributed by atoms with Gasteiger partial charge in [-0.25, -0.2) is 0 Å². The molecule has 6 heteroatoms. The topological polar surface area (TPSA) is 50.8 Å². The van der Waals surface area contributed by atoms with E-state index in [-0.39, 0.29) is 5.91 Å². The molecule has 0 aromatic heterocycles. The minimum Gasteiger partial charge on any atom is -0.497 e. The summed E-state index contributed by atoms with van der Waals surface area (Å²) in [5.74, 6) is 0.976. The predicted octanol–water partition coefficient (Wildman–Crippen LogP) is 3.82. The van der Waals surface area contributed by atoms with E-state index in [9.17, 15) is 4.79 Å². The Kier molecular flexibility index (Phi) is 5.93. The Morgan fingerprint density at radius 2 is 1.88 bits per heavy atom. The molecule has 1 N–H and O–H groups in total. The summed E-state index contributed by atoms with van der Waals surface area (Å²) in [5, 5.41) is 3.41. The van der Waals surface area contributed by atoms with E-state index < -0.39 is 6.10 Å². The standard InChI is InChI=1S/C18H21ClN2O3/c1-12(24-15-7-5-6-14(11-15)23-4)18(22)20-16-10-13(19)8-9-17(16)21(2)3/h5-12H,1-4H3,(H,20,22). The summed E-state index contributed by atoms with van der Waals surface area (Å²) in [6, 6.07) is 12.5. The number of halogens is 1. The van der Waals surface area contributed by atoms with Gasteiger partial charge < -0.3 is 19.7 Å². The van der Waals surface area contributed by atoms with Crippen molar-refractivity contribution in [2.45, 2.75) is 13.0 Å². The first kappa shape index (κ1) is 17.9. The number of anilines is 2. The molecule has 1 atom stereocenters. The van der Waals surface area contributed by atoms with Crippen LogP contribution in [0, 0.1) is 0 Å². The number of ether oxygens (including phenoxy) is 2. The monoisotopic (exact) mass is 348 g/mol. The molecule has 24 heavy (non-hydrogen) atoms. The number of methoxy groups -OCH3 is 1. The van der Waals surface area contributed by atoms with E-state index in [4.69, 9.17) is 21.1 Å². The summed E-state index contributed by atoms with van der Waals surface area (Å²) >= 11 is 6.03. The number of carbonyl (C=O) groups excluding carboxylic acids is 1. The quantitative estimate of drug-likeness (QED) is 0.862. The molecule has 1 amide bonds. The molecule has 0 aliphatic rings. The van der Waals surface area contributed by atoms with E-state index in [1.807, 2.05) is 31.1 Å². The molecule has 0 aliphatic heterocycles. The van der Waals surface area contributed by atoms with Gasteiger partial charge >= 0.3 is 0 Å². The van der Waals surface area contributed by atoms with Gasteiger partial charge in [-0.2, -0.15) is 0 Å². The molecule has 2 aromatic rings. The number of nitrogens with one attached hydrogen (secondary N) is 1. The second kappa shape index (κ2) is 7.93. The highest BCUT2D eigenvalue weighted by Crippen LogP contribution is 2.28. The van der Waals surface area contributed by atoms with Crippen LogP contribution in [0.1, 0.15) is 6.92 Å². The normalized spacial score (nSPS) is 11.5. The third-order valence-corrected chi connectivity index (χ3v) is 3.66. The molecule has 0 aliphatic carbocycles. The summed E-state index contributed by atoms with van der Waals surface area (Å²) in [7, 11) is 5.38.